The van der Waals surface area contributed by atoms with Gasteiger partial charge in [-0.2, -0.15) is 0 Å². The lowest BCUT2D eigenvalue weighted by Crippen LogP contribution is -2.13. The van der Waals surface area contributed by atoms with Gasteiger partial charge in [0, 0.05) is 11.6 Å². The third-order valence-corrected chi connectivity index (χ3v) is 3.42. The van der Waals surface area contributed by atoms with Crippen LogP contribution in [0.2, 0.25) is 0 Å². The number of nitrogens with zero attached hydrogens (tertiary/aromatic N) is 1. The Morgan fingerprint density at radius 2 is 1.79 bits per heavy atom. The first-order valence-electron chi connectivity index (χ1n) is 7.38. The molecule has 0 aliphatic rings. The van der Waals surface area contributed by atoms with Crippen LogP contribution in [0.5, 0.6) is 11.6 Å². The Bertz CT molecular complexity index is 846. The van der Waals surface area contributed by atoms with Crippen LogP contribution in [0.4, 0.5) is 10.1 Å². The molecule has 0 bridgehead atoms. The first-order chi connectivity index (χ1) is 11.6. The monoisotopic (exact) mass is 322 g/mol. The van der Waals surface area contributed by atoms with Gasteiger partial charge in [0.15, 0.2) is 0 Å². The number of nitrogens with one attached hydrogen (secondary N) is 1. The number of anilines is 1. The van der Waals surface area contributed by atoms with Crippen LogP contribution in [-0.2, 0) is 0 Å². The van der Waals surface area contributed by atoms with E-state index in [1.807, 2.05) is 25.1 Å². The summed E-state index contributed by atoms with van der Waals surface area (Å²) in [7, 11) is 0. The average Bonchev–Trinajstić information content (AvgIpc) is 2.59. The van der Waals surface area contributed by atoms with E-state index in [4.69, 9.17) is 4.74 Å². The first kappa shape index (κ1) is 15.7. The zero-order valence-electron chi connectivity index (χ0n) is 13.0. The third kappa shape index (κ3) is 3.76. The molecule has 1 aromatic heterocycles. The number of ether oxygens (including phenoxy) is 1. The van der Waals surface area contributed by atoms with Crippen molar-refractivity contribution in [1.82, 2.24) is 4.98 Å². The van der Waals surface area contributed by atoms with E-state index in [0.29, 0.717) is 22.9 Å². The van der Waals surface area contributed by atoms with E-state index in [1.54, 1.807) is 18.2 Å². The fourth-order valence-electron chi connectivity index (χ4n) is 2.16. The summed E-state index contributed by atoms with van der Waals surface area (Å²) in [5.41, 5.74) is 2.08. The number of carbonyl (C=O) groups is 1. The molecule has 2 aromatic carbocycles. The second kappa shape index (κ2) is 6.91. The number of hydrogen-bond acceptors (Lipinski definition) is 3. The van der Waals surface area contributed by atoms with Crippen LogP contribution >= 0.6 is 0 Å². The molecule has 0 aliphatic heterocycles. The summed E-state index contributed by atoms with van der Waals surface area (Å²) >= 11 is 0. The van der Waals surface area contributed by atoms with Gasteiger partial charge in [0.05, 0.1) is 11.9 Å². The fraction of sp³-hybridized carbons (Fsp3) is 0.0526. The molecule has 0 atom stereocenters. The zero-order valence-corrected chi connectivity index (χ0v) is 13.0. The highest BCUT2D eigenvalue weighted by Gasteiger charge is 2.09. The highest BCUT2D eigenvalue weighted by atomic mass is 19.1. The van der Waals surface area contributed by atoms with Crippen molar-refractivity contribution >= 4 is 11.6 Å². The van der Waals surface area contributed by atoms with Crippen LogP contribution in [0.15, 0.2) is 66.9 Å². The van der Waals surface area contributed by atoms with Crippen molar-refractivity contribution in [3.8, 4) is 11.6 Å². The predicted molar refractivity (Wildman–Crippen MR) is 89.8 cm³/mol. The van der Waals surface area contributed by atoms with E-state index >= 15 is 0 Å². The van der Waals surface area contributed by atoms with Crippen LogP contribution in [0.3, 0.4) is 0 Å². The first-order valence-corrected chi connectivity index (χ1v) is 7.38. The minimum atomic E-state index is -0.329. The summed E-state index contributed by atoms with van der Waals surface area (Å²) < 4.78 is 18.4. The van der Waals surface area contributed by atoms with Crippen molar-refractivity contribution < 1.29 is 13.9 Å². The molecule has 1 heterocycles. The van der Waals surface area contributed by atoms with Crippen LogP contribution in [0, 0.1) is 12.7 Å². The van der Waals surface area contributed by atoms with E-state index in [2.05, 4.69) is 10.3 Å². The molecule has 0 fully saturated rings. The fourth-order valence-corrected chi connectivity index (χ4v) is 2.16. The predicted octanol–water partition coefficient (Wildman–Crippen LogP) is 4.57. The van der Waals surface area contributed by atoms with E-state index in [0.717, 1.165) is 5.56 Å². The molecular weight excluding hydrogens is 307 g/mol. The molecule has 0 unspecified atom stereocenters. The molecular formula is C19H15FN2O2. The molecule has 5 heteroatoms. The molecule has 0 radical (unpaired) electrons. The number of pyridine rings is 1. The van der Waals surface area contributed by atoms with Crippen LogP contribution in [0.1, 0.15) is 15.9 Å². The number of carbonyl (C=O) groups excluding carboxylic acids is 1. The maximum atomic E-state index is 12.9. The van der Waals surface area contributed by atoms with Crippen LogP contribution < -0.4 is 10.1 Å². The SMILES string of the molecule is Cc1ccccc1C(=O)Nc1ccc(Oc2ccc(F)cc2)nc1. The number of aromatic nitrogens is 1. The molecule has 4 nitrogen and oxygen atoms in total. The molecule has 0 spiro atoms. The number of halogens is 1. The molecule has 120 valence electrons. The zero-order chi connectivity index (χ0) is 16.9. The van der Waals surface area contributed by atoms with Gasteiger partial charge in [-0.05, 0) is 48.9 Å². The summed E-state index contributed by atoms with van der Waals surface area (Å²) in [4.78, 5) is 16.4. The molecule has 0 aliphatic carbocycles. The van der Waals surface area contributed by atoms with Crippen molar-refractivity contribution in [3.05, 3.63) is 83.8 Å². The van der Waals surface area contributed by atoms with Gasteiger partial charge in [-0.3, -0.25) is 4.79 Å². The van der Waals surface area contributed by atoms with Gasteiger partial charge in [0.2, 0.25) is 5.88 Å². The topological polar surface area (TPSA) is 51.2 Å². The van der Waals surface area contributed by atoms with Crippen molar-refractivity contribution in [2.24, 2.45) is 0 Å². The summed E-state index contributed by atoms with van der Waals surface area (Å²) in [6, 6.07) is 16.3. The van der Waals surface area contributed by atoms with Crippen molar-refractivity contribution in [2.45, 2.75) is 6.92 Å². The molecule has 1 amide bonds. The second-order valence-corrected chi connectivity index (χ2v) is 5.21. The maximum Gasteiger partial charge on any atom is 0.255 e. The minimum Gasteiger partial charge on any atom is -0.439 e. The normalized spacial score (nSPS) is 10.2. The smallest absolute Gasteiger partial charge is 0.255 e. The van der Waals surface area contributed by atoms with Crippen molar-refractivity contribution in [1.29, 1.82) is 0 Å². The van der Waals surface area contributed by atoms with E-state index < -0.39 is 0 Å². The van der Waals surface area contributed by atoms with Crippen molar-refractivity contribution in [2.75, 3.05) is 5.32 Å². The van der Waals surface area contributed by atoms with E-state index in [1.165, 1.54) is 30.5 Å². The van der Waals surface area contributed by atoms with Crippen molar-refractivity contribution in [3.63, 3.8) is 0 Å². The summed E-state index contributed by atoms with van der Waals surface area (Å²) in [6.07, 6.45) is 1.51. The summed E-state index contributed by atoms with van der Waals surface area (Å²) in [6.45, 7) is 1.88. The largest absolute Gasteiger partial charge is 0.439 e. The minimum absolute atomic E-state index is 0.192. The second-order valence-electron chi connectivity index (χ2n) is 5.21. The quantitative estimate of drug-likeness (QED) is 0.765. The molecule has 24 heavy (non-hydrogen) atoms. The maximum absolute atomic E-state index is 12.9. The Kier molecular flexibility index (Phi) is 4.52. The summed E-state index contributed by atoms with van der Waals surface area (Å²) in [5, 5.41) is 2.79. The lowest BCUT2D eigenvalue weighted by atomic mass is 10.1. The number of rotatable bonds is 4. The van der Waals surface area contributed by atoms with E-state index in [9.17, 15) is 9.18 Å². The van der Waals surface area contributed by atoms with Gasteiger partial charge >= 0.3 is 0 Å². The Balaban J connectivity index is 1.67. The molecule has 3 aromatic rings. The van der Waals surface area contributed by atoms with Gasteiger partial charge in [0.25, 0.3) is 5.91 Å². The number of benzene rings is 2. The molecule has 0 saturated heterocycles. The van der Waals surface area contributed by atoms with Crippen LogP contribution in [-0.4, -0.2) is 10.9 Å². The lowest BCUT2D eigenvalue weighted by Gasteiger charge is -2.08. The Morgan fingerprint density at radius 3 is 2.46 bits per heavy atom. The van der Waals surface area contributed by atoms with Gasteiger partial charge in [-0.15, -0.1) is 0 Å². The average molecular weight is 322 g/mol. The highest BCUT2D eigenvalue weighted by molar-refractivity contribution is 6.05. The number of hydrogen-bond donors (Lipinski definition) is 1. The number of amides is 1. The molecule has 0 saturated carbocycles. The van der Waals surface area contributed by atoms with E-state index in [-0.39, 0.29) is 11.7 Å². The highest BCUT2D eigenvalue weighted by Crippen LogP contribution is 2.21. The number of aryl methyl sites for hydroxylation is 1. The van der Waals surface area contributed by atoms with Gasteiger partial charge < -0.3 is 10.1 Å². The summed E-state index contributed by atoms with van der Waals surface area (Å²) in [5.74, 6) is 0.322. The van der Waals surface area contributed by atoms with Gasteiger partial charge in [-0.1, -0.05) is 18.2 Å². The molecule has 1 N–H and O–H groups in total. The van der Waals surface area contributed by atoms with Gasteiger partial charge in [-0.25, -0.2) is 9.37 Å². The third-order valence-electron chi connectivity index (χ3n) is 3.42. The lowest BCUT2D eigenvalue weighted by molar-refractivity contribution is 0.102. The Labute approximate surface area is 138 Å². The van der Waals surface area contributed by atoms with Gasteiger partial charge in [0.1, 0.15) is 11.6 Å². The Hall–Kier alpha value is -3.21. The molecule has 3 rings (SSSR count). The Morgan fingerprint density at radius 1 is 1.04 bits per heavy atom. The van der Waals surface area contributed by atoms with Crippen LogP contribution in [0.25, 0.3) is 0 Å². The standard InChI is InChI=1S/C19H15FN2O2/c1-13-4-2-3-5-17(13)19(23)22-15-8-11-18(21-12-15)24-16-9-6-14(20)7-10-16/h2-12H,1H3,(H,22,23).